The smallest absolute Gasteiger partial charge is 0.255 e. The zero-order valence-corrected chi connectivity index (χ0v) is 16.5. The number of sulfonamides is 1. The minimum absolute atomic E-state index is 0.164. The van der Waals surface area contributed by atoms with Gasteiger partial charge in [-0.3, -0.25) is 4.79 Å². The van der Waals surface area contributed by atoms with Crippen molar-refractivity contribution >= 4 is 22.1 Å². The molecule has 1 aliphatic rings. The van der Waals surface area contributed by atoms with Crippen LogP contribution in [-0.4, -0.2) is 37.4 Å². The van der Waals surface area contributed by atoms with Crippen LogP contribution in [0.1, 0.15) is 37.7 Å². The Morgan fingerprint density at radius 2 is 1.61 bits per heavy atom. The summed E-state index contributed by atoms with van der Waals surface area (Å²) in [6, 6.07) is 17.5. The van der Waals surface area contributed by atoms with Crippen molar-refractivity contribution in [2.45, 2.75) is 43.0 Å². The zero-order valence-electron chi connectivity index (χ0n) is 15.7. The molecule has 1 saturated carbocycles. The summed E-state index contributed by atoms with van der Waals surface area (Å²) in [6.45, 7) is -0.242. The van der Waals surface area contributed by atoms with Gasteiger partial charge in [-0.2, -0.15) is 9.41 Å². The lowest BCUT2D eigenvalue weighted by Gasteiger charge is -2.32. The van der Waals surface area contributed by atoms with E-state index in [-0.39, 0.29) is 17.5 Å². The largest absolute Gasteiger partial charge is 0.272 e. The number of nitrogens with zero attached hydrogens (tertiary/aromatic N) is 2. The van der Waals surface area contributed by atoms with Crippen LogP contribution < -0.4 is 5.43 Å². The Kier molecular flexibility index (Phi) is 6.95. The van der Waals surface area contributed by atoms with E-state index in [1.54, 1.807) is 30.3 Å². The Balaban J connectivity index is 1.73. The zero-order chi connectivity index (χ0) is 19.8. The molecule has 0 saturated heterocycles. The molecule has 0 heterocycles. The number of hydrogen-bond acceptors (Lipinski definition) is 4. The van der Waals surface area contributed by atoms with Gasteiger partial charge in [0.2, 0.25) is 10.0 Å². The summed E-state index contributed by atoms with van der Waals surface area (Å²) in [5.74, 6) is -0.447. The number of amides is 1. The van der Waals surface area contributed by atoms with Gasteiger partial charge in [-0.1, -0.05) is 67.8 Å². The van der Waals surface area contributed by atoms with Gasteiger partial charge in [0.1, 0.15) is 0 Å². The third kappa shape index (κ3) is 5.27. The molecule has 0 radical (unpaired) electrons. The Labute approximate surface area is 166 Å². The van der Waals surface area contributed by atoms with Gasteiger partial charge in [0.15, 0.2) is 0 Å². The number of carbonyl (C=O) groups is 1. The maximum Gasteiger partial charge on any atom is 0.255 e. The van der Waals surface area contributed by atoms with E-state index in [9.17, 15) is 13.2 Å². The second kappa shape index (κ2) is 9.61. The number of carbonyl (C=O) groups excluding carboxylic acids is 1. The highest BCUT2D eigenvalue weighted by Crippen LogP contribution is 2.27. The molecule has 2 aromatic carbocycles. The summed E-state index contributed by atoms with van der Waals surface area (Å²) in [5, 5.41) is 3.95. The van der Waals surface area contributed by atoms with Crippen molar-refractivity contribution in [2.75, 3.05) is 6.54 Å². The molecule has 148 valence electrons. The monoisotopic (exact) mass is 399 g/mol. The molecule has 2 aromatic rings. The molecule has 0 bridgehead atoms. The average Bonchev–Trinajstić information content (AvgIpc) is 2.74. The predicted molar refractivity (Wildman–Crippen MR) is 109 cm³/mol. The number of hydrogen-bond donors (Lipinski definition) is 1. The molecule has 1 aliphatic carbocycles. The Hall–Kier alpha value is -2.51. The van der Waals surface area contributed by atoms with E-state index in [1.807, 2.05) is 30.3 Å². The molecule has 0 atom stereocenters. The summed E-state index contributed by atoms with van der Waals surface area (Å²) >= 11 is 0. The van der Waals surface area contributed by atoms with E-state index in [0.29, 0.717) is 0 Å². The first-order valence-electron chi connectivity index (χ1n) is 9.51. The molecule has 0 aliphatic heterocycles. The van der Waals surface area contributed by atoms with Gasteiger partial charge in [-0.25, -0.2) is 13.8 Å². The fraction of sp³-hybridized carbons (Fsp3) is 0.333. The van der Waals surface area contributed by atoms with Crippen molar-refractivity contribution in [3.8, 4) is 0 Å². The van der Waals surface area contributed by atoms with Gasteiger partial charge < -0.3 is 0 Å². The second-order valence-corrected chi connectivity index (χ2v) is 8.75. The van der Waals surface area contributed by atoms with Crippen LogP contribution in [0.5, 0.6) is 0 Å². The van der Waals surface area contributed by atoms with Gasteiger partial charge in [-0.05, 0) is 30.5 Å². The van der Waals surface area contributed by atoms with Crippen LogP contribution >= 0.6 is 0 Å². The topological polar surface area (TPSA) is 78.8 Å². The molecular weight excluding hydrogens is 374 g/mol. The molecule has 0 spiro atoms. The van der Waals surface area contributed by atoms with E-state index in [4.69, 9.17) is 0 Å². The molecule has 1 amide bonds. The first-order valence-corrected chi connectivity index (χ1v) is 11.0. The van der Waals surface area contributed by atoms with Crippen LogP contribution in [0.15, 0.2) is 70.7 Å². The molecule has 28 heavy (non-hydrogen) atoms. The number of benzene rings is 2. The third-order valence-corrected chi connectivity index (χ3v) is 6.75. The van der Waals surface area contributed by atoms with Crippen LogP contribution in [0, 0.1) is 0 Å². The highest BCUT2D eigenvalue weighted by molar-refractivity contribution is 7.89. The lowest BCUT2D eigenvalue weighted by molar-refractivity contribution is -0.121. The van der Waals surface area contributed by atoms with Crippen LogP contribution in [-0.2, 0) is 14.8 Å². The predicted octanol–water partition coefficient (Wildman–Crippen LogP) is 3.16. The average molecular weight is 400 g/mol. The SMILES string of the molecule is O=C(CN(C1CCCCC1)S(=O)(=O)c1ccccc1)N/N=C/c1ccccc1. The standard InChI is InChI=1S/C21H25N3O3S/c25-21(23-22-16-18-10-4-1-5-11-18)17-24(19-12-6-2-7-13-19)28(26,27)20-14-8-3-9-15-20/h1,3-5,8-11,14-16,19H,2,6-7,12-13,17H2,(H,23,25)/b22-16+. The van der Waals surface area contributed by atoms with Crippen molar-refractivity contribution < 1.29 is 13.2 Å². The molecular formula is C21H25N3O3S. The van der Waals surface area contributed by atoms with Crippen molar-refractivity contribution in [3.63, 3.8) is 0 Å². The highest BCUT2D eigenvalue weighted by Gasteiger charge is 2.33. The minimum atomic E-state index is -3.75. The van der Waals surface area contributed by atoms with Crippen molar-refractivity contribution in [3.05, 3.63) is 66.2 Å². The first-order chi connectivity index (χ1) is 13.6. The van der Waals surface area contributed by atoms with Gasteiger partial charge in [0.05, 0.1) is 17.7 Å². The first kappa shape index (κ1) is 20.2. The summed E-state index contributed by atoms with van der Waals surface area (Å²) < 4.78 is 27.7. The van der Waals surface area contributed by atoms with Gasteiger partial charge in [0.25, 0.3) is 5.91 Å². The van der Waals surface area contributed by atoms with Crippen LogP contribution in [0.25, 0.3) is 0 Å². The fourth-order valence-electron chi connectivity index (χ4n) is 3.40. The van der Waals surface area contributed by atoms with E-state index in [2.05, 4.69) is 10.5 Å². The Bertz CT molecular complexity index is 893. The maximum atomic E-state index is 13.2. The second-order valence-electron chi connectivity index (χ2n) is 6.86. The highest BCUT2D eigenvalue weighted by atomic mass is 32.2. The molecule has 0 aromatic heterocycles. The lowest BCUT2D eigenvalue weighted by Crippen LogP contribution is -2.46. The van der Waals surface area contributed by atoms with Crippen LogP contribution in [0.4, 0.5) is 0 Å². The summed E-state index contributed by atoms with van der Waals surface area (Å²) in [4.78, 5) is 12.6. The van der Waals surface area contributed by atoms with E-state index in [1.165, 1.54) is 10.5 Å². The summed E-state index contributed by atoms with van der Waals surface area (Å²) in [6.07, 6.45) is 6.12. The summed E-state index contributed by atoms with van der Waals surface area (Å²) in [5.41, 5.74) is 3.30. The number of nitrogens with one attached hydrogen (secondary N) is 1. The van der Waals surface area contributed by atoms with Gasteiger partial charge in [-0.15, -0.1) is 0 Å². The molecule has 3 rings (SSSR count). The Morgan fingerprint density at radius 1 is 1.00 bits per heavy atom. The molecule has 6 nitrogen and oxygen atoms in total. The summed E-state index contributed by atoms with van der Waals surface area (Å²) in [7, 11) is -3.75. The van der Waals surface area contributed by atoms with E-state index in [0.717, 1.165) is 37.7 Å². The van der Waals surface area contributed by atoms with E-state index < -0.39 is 15.9 Å². The van der Waals surface area contributed by atoms with E-state index >= 15 is 0 Å². The normalized spacial score (nSPS) is 15.8. The van der Waals surface area contributed by atoms with Gasteiger partial charge in [0, 0.05) is 6.04 Å². The quantitative estimate of drug-likeness (QED) is 0.574. The van der Waals surface area contributed by atoms with Crippen molar-refractivity contribution in [2.24, 2.45) is 5.10 Å². The van der Waals surface area contributed by atoms with Crippen LogP contribution in [0.2, 0.25) is 0 Å². The molecule has 1 fully saturated rings. The maximum absolute atomic E-state index is 13.2. The third-order valence-electron chi connectivity index (χ3n) is 4.83. The lowest BCUT2D eigenvalue weighted by atomic mass is 9.95. The van der Waals surface area contributed by atoms with Crippen LogP contribution in [0.3, 0.4) is 0 Å². The minimum Gasteiger partial charge on any atom is -0.272 e. The Morgan fingerprint density at radius 3 is 2.25 bits per heavy atom. The van der Waals surface area contributed by atoms with Crippen molar-refractivity contribution in [1.82, 2.24) is 9.73 Å². The molecule has 7 heteroatoms. The molecule has 0 unspecified atom stereocenters. The van der Waals surface area contributed by atoms with Gasteiger partial charge >= 0.3 is 0 Å². The van der Waals surface area contributed by atoms with Crippen molar-refractivity contribution in [1.29, 1.82) is 0 Å². The fourth-order valence-corrected chi connectivity index (χ4v) is 5.06. The molecule has 1 N–H and O–H groups in total. The number of rotatable bonds is 7. The number of hydrazone groups is 1.